The zero-order valence-electron chi connectivity index (χ0n) is 10.4. The number of hydrogen-bond donors (Lipinski definition) is 2. The lowest BCUT2D eigenvalue weighted by Gasteiger charge is -2.15. The average Bonchev–Trinajstić information content (AvgIpc) is 2.99. The van der Waals surface area contributed by atoms with E-state index in [1.54, 1.807) is 17.5 Å². The van der Waals surface area contributed by atoms with Gasteiger partial charge in [0.15, 0.2) is 0 Å². The van der Waals surface area contributed by atoms with Crippen LogP contribution in [0.15, 0.2) is 29.9 Å². The molecule has 0 aliphatic carbocycles. The first-order valence-electron chi connectivity index (χ1n) is 5.97. The summed E-state index contributed by atoms with van der Waals surface area (Å²) in [6.45, 7) is 2.85. The molecule has 7 heteroatoms. The average molecular weight is 274 g/mol. The van der Waals surface area contributed by atoms with Crippen LogP contribution in [0.25, 0.3) is 10.2 Å². The van der Waals surface area contributed by atoms with Gasteiger partial charge in [-0.1, -0.05) is 0 Å². The highest BCUT2D eigenvalue weighted by atomic mass is 32.1. The number of nitrogen functional groups attached to an aromatic ring is 1. The van der Waals surface area contributed by atoms with Crippen LogP contribution in [0.3, 0.4) is 0 Å². The van der Waals surface area contributed by atoms with E-state index in [4.69, 9.17) is 5.73 Å². The third kappa shape index (κ3) is 2.50. The third-order valence-corrected chi connectivity index (χ3v) is 3.55. The van der Waals surface area contributed by atoms with Crippen molar-refractivity contribution in [3.63, 3.8) is 0 Å². The lowest BCUT2D eigenvalue weighted by molar-refractivity contribution is 0.560. The number of anilines is 2. The topological polar surface area (TPSA) is 81.7 Å². The van der Waals surface area contributed by atoms with Gasteiger partial charge in [-0.3, -0.25) is 4.68 Å². The van der Waals surface area contributed by atoms with Crippen molar-refractivity contribution < 1.29 is 0 Å². The Morgan fingerprint density at radius 2 is 2.37 bits per heavy atom. The molecule has 0 saturated carbocycles. The van der Waals surface area contributed by atoms with E-state index in [9.17, 15) is 0 Å². The lowest BCUT2D eigenvalue weighted by Crippen LogP contribution is -2.23. The molecule has 0 bridgehead atoms. The predicted molar refractivity (Wildman–Crippen MR) is 77.1 cm³/mol. The van der Waals surface area contributed by atoms with Crippen molar-refractivity contribution in [1.82, 2.24) is 19.7 Å². The quantitative estimate of drug-likeness (QED) is 0.760. The molecule has 0 spiro atoms. The van der Waals surface area contributed by atoms with Crippen LogP contribution in [0.1, 0.15) is 6.92 Å². The number of rotatable bonds is 4. The Balaban J connectivity index is 1.82. The first kappa shape index (κ1) is 11.9. The van der Waals surface area contributed by atoms with Gasteiger partial charge in [0.1, 0.15) is 10.6 Å². The summed E-state index contributed by atoms with van der Waals surface area (Å²) in [5, 5.41) is 10.5. The number of aromatic nitrogens is 4. The molecule has 0 fully saturated rings. The molecule has 3 heterocycles. The van der Waals surface area contributed by atoms with Crippen molar-refractivity contribution in [2.45, 2.75) is 19.5 Å². The molecule has 6 nitrogen and oxygen atoms in total. The molecule has 0 aromatic carbocycles. The maximum Gasteiger partial charge on any atom is 0.223 e. The highest BCUT2D eigenvalue weighted by Gasteiger charge is 2.10. The smallest absolute Gasteiger partial charge is 0.223 e. The van der Waals surface area contributed by atoms with Crippen molar-refractivity contribution in [3.8, 4) is 0 Å². The molecule has 1 unspecified atom stereocenters. The molecule has 3 aromatic rings. The van der Waals surface area contributed by atoms with Gasteiger partial charge in [0.2, 0.25) is 5.95 Å². The van der Waals surface area contributed by atoms with Crippen LogP contribution in [-0.4, -0.2) is 25.8 Å². The Bertz CT molecular complexity index is 675. The number of fused-ring (bicyclic) bond motifs is 1. The van der Waals surface area contributed by atoms with Crippen LogP contribution in [0, 0.1) is 0 Å². The molecule has 0 aliphatic heterocycles. The van der Waals surface area contributed by atoms with E-state index in [0.29, 0.717) is 5.95 Å². The van der Waals surface area contributed by atoms with Gasteiger partial charge in [-0.25, -0.2) is 4.98 Å². The summed E-state index contributed by atoms with van der Waals surface area (Å²) in [5.74, 6) is 1.08. The molecule has 3 N–H and O–H groups in total. The number of thiophene rings is 1. The standard InChI is InChI=1S/C12H14N6S/c1-8(7-18-5-2-4-14-18)15-10-9-3-6-19-11(9)17-12(13)16-10/h2-6,8H,7H2,1H3,(H3,13,15,16,17). The summed E-state index contributed by atoms with van der Waals surface area (Å²) >= 11 is 1.56. The van der Waals surface area contributed by atoms with Crippen molar-refractivity contribution in [2.24, 2.45) is 0 Å². The second-order valence-corrected chi connectivity index (χ2v) is 5.24. The molecule has 0 aliphatic rings. The fourth-order valence-corrected chi connectivity index (χ4v) is 2.72. The van der Waals surface area contributed by atoms with Gasteiger partial charge in [0.05, 0.1) is 11.9 Å². The van der Waals surface area contributed by atoms with Gasteiger partial charge in [-0.15, -0.1) is 11.3 Å². The lowest BCUT2D eigenvalue weighted by atomic mass is 10.3. The summed E-state index contributed by atoms with van der Waals surface area (Å²) in [6.07, 6.45) is 3.71. The minimum absolute atomic E-state index is 0.192. The maximum atomic E-state index is 5.72. The normalized spacial score (nSPS) is 12.7. The van der Waals surface area contributed by atoms with E-state index in [-0.39, 0.29) is 6.04 Å². The van der Waals surface area contributed by atoms with Gasteiger partial charge >= 0.3 is 0 Å². The van der Waals surface area contributed by atoms with Crippen LogP contribution in [0.2, 0.25) is 0 Å². The van der Waals surface area contributed by atoms with E-state index in [2.05, 4.69) is 27.3 Å². The highest BCUT2D eigenvalue weighted by molar-refractivity contribution is 7.16. The minimum Gasteiger partial charge on any atom is -0.368 e. The minimum atomic E-state index is 0.192. The highest BCUT2D eigenvalue weighted by Crippen LogP contribution is 2.26. The number of hydrogen-bond acceptors (Lipinski definition) is 6. The second-order valence-electron chi connectivity index (χ2n) is 4.34. The first-order chi connectivity index (χ1) is 9.22. The Hall–Kier alpha value is -2.15. The van der Waals surface area contributed by atoms with Crippen LogP contribution in [0.4, 0.5) is 11.8 Å². The molecule has 0 amide bonds. The van der Waals surface area contributed by atoms with Gasteiger partial charge < -0.3 is 11.1 Å². The third-order valence-electron chi connectivity index (χ3n) is 2.75. The largest absolute Gasteiger partial charge is 0.368 e. The second kappa shape index (κ2) is 4.85. The summed E-state index contributed by atoms with van der Waals surface area (Å²) in [5.41, 5.74) is 5.72. The van der Waals surface area contributed by atoms with Crippen LogP contribution >= 0.6 is 11.3 Å². The van der Waals surface area contributed by atoms with E-state index < -0.39 is 0 Å². The monoisotopic (exact) mass is 274 g/mol. The van der Waals surface area contributed by atoms with Gasteiger partial charge in [0.25, 0.3) is 0 Å². The fourth-order valence-electron chi connectivity index (χ4n) is 1.95. The van der Waals surface area contributed by atoms with Gasteiger partial charge in [0, 0.05) is 18.4 Å². The molecule has 1 atom stereocenters. The summed E-state index contributed by atoms with van der Waals surface area (Å²) in [7, 11) is 0. The molecular weight excluding hydrogens is 260 g/mol. The van der Waals surface area contributed by atoms with E-state index in [1.165, 1.54) is 0 Å². The number of nitrogens with zero attached hydrogens (tertiary/aromatic N) is 4. The van der Waals surface area contributed by atoms with E-state index in [0.717, 1.165) is 22.6 Å². The first-order valence-corrected chi connectivity index (χ1v) is 6.85. The zero-order valence-corrected chi connectivity index (χ0v) is 11.3. The fraction of sp³-hybridized carbons (Fsp3) is 0.250. The molecule has 3 rings (SSSR count). The SMILES string of the molecule is CC(Cn1cccn1)Nc1nc(N)nc2sccc12. The van der Waals surface area contributed by atoms with Crippen molar-refractivity contribution >= 4 is 33.3 Å². The van der Waals surface area contributed by atoms with Crippen LogP contribution in [0.5, 0.6) is 0 Å². The van der Waals surface area contributed by atoms with E-state index >= 15 is 0 Å². The predicted octanol–water partition coefficient (Wildman–Crippen LogP) is 1.97. The van der Waals surface area contributed by atoms with Crippen LogP contribution < -0.4 is 11.1 Å². The molecular formula is C12H14N6S. The summed E-state index contributed by atoms with van der Waals surface area (Å²) in [6, 6.07) is 4.10. The molecule has 0 radical (unpaired) electrons. The Morgan fingerprint density at radius 3 is 3.16 bits per heavy atom. The van der Waals surface area contributed by atoms with Crippen molar-refractivity contribution in [3.05, 3.63) is 29.9 Å². The van der Waals surface area contributed by atoms with Gasteiger partial charge in [-0.05, 0) is 24.4 Å². The van der Waals surface area contributed by atoms with Crippen LogP contribution in [-0.2, 0) is 6.54 Å². The summed E-state index contributed by atoms with van der Waals surface area (Å²) in [4.78, 5) is 9.39. The Labute approximate surface area is 114 Å². The molecule has 19 heavy (non-hydrogen) atoms. The molecule has 0 saturated heterocycles. The Morgan fingerprint density at radius 1 is 1.47 bits per heavy atom. The van der Waals surface area contributed by atoms with Crippen molar-refractivity contribution in [2.75, 3.05) is 11.1 Å². The zero-order chi connectivity index (χ0) is 13.2. The van der Waals surface area contributed by atoms with Crippen molar-refractivity contribution in [1.29, 1.82) is 0 Å². The molecule has 3 aromatic heterocycles. The van der Waals surface area contributed by atoms with Gasteiger partial charge in [-0.2, -0.15) is 10.1 Å². The maximum absolute atomic E-state index is 5.72. The number of nitrogens with two attached hydrogens (primary N) is 1. The summed E-state index contributed by atoms with van der Waals surface area (Å²) < 4.78 is 1.88. The molecule has 98 valence electrons. The van der Waals surface area contributed by atoms with E-state index in [1.807, 2.05) is 28.4 Å². The number of nitrogens with one attached hydrogen (secondary N) is 1. The Kier molecular flexibility index (Phi) is 3.04.